The number of nitrogens with two attached hydrogens (primary N) is 3. The fourth-order valence-corrected chi connectivity index (χ4v) is 11.9. The van der Waals surface area contributed by atoms with Gasteiger partial charge in [-0.1, -0.05) is 61.0 Å². The van der Waals surface area contributed by atoms with Crippen molar-refractivity contribution in [2.24, 2.45) is 5.73 Å². The highest BCUT2D eigenvalue weighted by Crippen LogP contribution is 2.44. The second-order valence-corrected chi connectivity index (χ2v) is 23.0. The molecule has 436 valence electrons. The maximum Gasteiger partial charge on any atom is 0.248 e. The van der Waals surface area contributed by atoms with Gasteiger partial charge in [-0.05, 0) is 159 Å². The van der Waals surface area contributed by atoms with E-state index in [-0.39, 0.29) is 17.8 Å². The molecule has 1 amide bonds. The Balaban J connectivity index is 0.000000130. The number of primary amides is 1. The van der Waals surface area contributed by atoms with Gasteiger partial charge in [-0.3, -0.25) is 18.5 Å². The van der Waals surface area contributed by atoms with E-state index < -0.39 is 5.91 Å². The molecule has 14 rings (SSSR count). The molecule has 11 aromatic rings. The Morgan fingerprint density at radius 2 is 0.886 bits per heavy atom. The number of nitrogens with zero attached hydrogens (tertiary/aromatic N) is 16. The highest BCUT2D eigenvalue weighted by atomic mass is 79.9. The average Bonchev–Trinajstić information content (AvgIpc) is 1.75. The van der Waals surface area contributed by atoms with Gasteiger partial charge in [-0.15, -0.1) is 30.6 Å². The highest BCUT2D eigenvalue weighted by molar-refractivity contribution is 9.10. The molecule has 0 radical (unpaired) electrons. The van der Waals surface area contributed by atoms with E-state index in [1.54, 1.807) is 30.6 Å². The molecule has 0 aliphatic carbocycles. The van der Waals surface area contributed by atoms with E-state index in [4.69, 9.17) is 29.0 Å². The lowest BCUT2D eigenvalue weighted by Gasteiger charge is -2.27. The second-order valence-electron chi connectivity index (χ2n) is 22.0. The molecule has 6 N–H and O–H groups in total. The molecule has 0 saturated heterocycles. The van der Waals surface area contributed by atoms with Gasteiger partial charge in [0.05, 0.1) is 52.3 Å². The number of fused-ring (bicyclic) bond motifs is 9. The third-order valence-electron chi connectivity index (χ3n) is 16.0. The van der Waals surface area contributed by atoms with Gasteiger partial charge in [0.25, 0.3) is 0 Å². The number of hydrogen-bond acceptors (Lipinski definition) is 15. The lowest BCUT2D eigenvalue weighted by atomic mass is 10.0. The number of amides is 1. The number of anilines is 8. The first kappa shape index (κ1) is 57.4. The van der Waals surface area contributed by atoms with Crippen LogP contribution in [0.4, 0.5) is 51.4 Å². The second kappa shape index (κ2) is 23.8. The first-order valence-electron chi connectivity index (χ1n) is 28.5. The number of benzene rings is 6. The van der Waals surface area contributed by atoms with Gasteiger partial charge < -0.3 is 31.9 Å². The van der Waals surface area contributed by atoms with Crippen LogP contribution >= 0.6 is 15.9 Å². The van der Waals surface area contributed by atoms with Gasteiger partial charge in [-0.2, -0.15) is 5.26 Å². The van der Waals surface area contributed by atoms with Crippen molar-refractivity contribution in [2.45, 2.75) is 59.3 Å². The number of nitriles is 1. The van der Waals surface area contributed by atoms with Gasteiger partial charge in [0.1, 0.15) is 46.6 Å². The lowest BCUT2D eigenvalue weighted by Crippen LogP contribution is -2.22. The van der Waals surface area contributed by atoms with Crippen LogP contribution in [-0.4, -0.2) is 79.8 Å². The van der Waals surface area contributed by atoms with Crippen molar-refractivity contribution < 1.29 is 4.79 Å². The summed E-state index contributed by atoms with van der Waals surface area (Å²) in [6, 6.07) is 51.4. The Morgan fingerprint density at radius 1 is 0.511 bits per heavy atom. The predicted octanol–water partition coefficient (Wildman–Crippen LogP) is 13.1. The Labute approximate surface area is 517 Å². The fourth-order valence-electron chi connectivity index (χ4n) is 11.6. The summed E-state index contributed by atoms with van der Waals surface area (Å²) >= 11 is 3.59. The van der Waals surface area contributed by atoms with Crippen LogP contribution in [0.15, 0.2) is 169 Å². The van der Waals surface area contributed by atoms with Crippen LogP contribution in [0.1, 0.15) is 89.4 Å². The zero-order chi connectivity index (χ0) is 61.5. The number of halogens is 1. The normalized spacial score (nSPS) is 15.3. The van der Waals surface area contributed by atoms with Crippen LogP contribution in [0.5, 0.6) is 0 Å². The third kappa shape index (κ3) is 11.0. The topological polar surface area (TPSA) is 251 Å². The van der Waals surface area contributed by atoms with Gasteiger partial charge in [-0.25, -0.2) is 14.8 Å². The zero-order valence-corrected chi connectivity index (χ0v) is 50.7. The molecule has 21 heteroatoms. The quantitative estimate of drug-likeness (QED) is 0.131. The molecule has 5 aromatic heterocycles. The lowest BCUT2D eigenvalue weighted by molar-refractivity contribution is 0.1000. The van der Waals surface area contributed by atoms with E-state index in [1.165, 1.54) is 0 Å². The zero-order valence-electron chi connectivity index (χ0n) is 49.1. The maximum absolute atomic E-state index is 11.5. The van der Waals surface area contributed by atoms with Crippen molar-refractivity contribution in [3.63, 3.8) is 0 Å². The number of rotatable bonds is 6. The molecule has 3 unspecified atom stereocenters. The number of nitrogen functional groups attached to an aromatic ring is 2. The molecular weight excluding hydrogens is 1170 g/mol. The summed E-state index contributed by atoms with van der Waals surface area (Å²) in [5.74, 6) is 6.45. The third-order valence-corrected chi connectivity index (χ3v) is 16.5. The smallest absolute Gasteiger partial charge is 0.248 e. The molecule has 0 spiro atoms. The SMILES string of the molecule is Cc1nnc2n1-c1ccc(-c3ccc(N)nc3)cc1N(c1ccc(C(N)=O)cc1)CC2C.Cc1nnc2n1-c1ccc(Br)cc1N(c1ccc(C#N)cc1)CC2C.[C-]#[N+]c1ccc(N2CC(C)c3nnc(C)n3-c3ccc(-c4ccc(N)nc4)cc32)cc1. The Hall–Kier alpha value is -11.0. The molecule has 8 heterocycles. The molecule has 88 heavy (non-hydrogen) atoms. The van der Waals surface area contributed by atoms with Crippen molar-refractivity contribution in [3.05, 3.63) is 226 Å². The Kier molecular flexibility index (Phi) is 15.5. The minimum absolute atomic E-state index is 0.126. The van der Waals surface area contributed by atoms with Gasteiger partial charge in [0.2, 0.25) is 5.91 Å². The van der Waals surface area contributed by atoms with Crippen LogP contribution in [-0.2, 0) is 0 Å². The molecule has 3 aliphatic rings. The van der Waals surface area contributed by atoms with E-state index in [9.17, 15) is 4.79 Å². The van der Waals surface area contributed by atoms with Crippen LogP contribution in [0.25, 0.3) is 44.2 Å². The molecule has 0 bridgehead atoms. The van der Waals surface area contributed by atoms with Crippen LogP contribution in [0.3, 0.4) is 0 Å². The minimum atomic E-state index is -0.443. The van der Waals surface area contributed by atoms with E-state index in [2.05, 4.69) is 165 Å². The Bertz CT molecular complexity index is 4500. The summed E-state index contributed by atoms with van der Waals surface area (Å²) in [5, 5.41) is 35.3. The van der Waals surface area contributed by atoms with Crippen LogP contribution in [0.2, 0.25) is 0 Å². The van der Waals surface area contributed by atoms with Crippen LogP contribution in [0, 0.1) is 38.7 Å². The molecule has 3 atom stereocenters. The first-order chi connectivity index (χ1) is 42.5. The van der Waals surface area contributed by atoms with Crippen molar-refractivity contribution in [1.29, 1.82) is 5.26 Å². The van der Waals surface area contributed by atoms with Gasteiger partial charge in [0.15, 0.2) is 5.69 Å². The number of carbonyl (C=O) groups is 1. The van der Waals surface area contributed by atoms with Crippen molar-refractivity contribution in [2.75, 3.05) is 45.8 Å². The van der Waals surface area contributed by atoms with Crippen LogP contribution < -0.4 is 31.9 Å². The number of pyridine rings is 2. The largest absolute Gasteiger partial charge is 0.384 e. The summed E-state index contributed by atoms with van der Waals surface area (Å²) in [6.07, 6.45) is 3.57. The summed E-state index contributed by atoms with van der Waals surface area (Å²) in [6.45, 7) is 21.9. The van der Waals surface area contributed by atoms with Gasteiger partial charge >= 0.3 is 0 Å². The average molecular weight is 1230 g/mol. The molecule has 20 nitrogen and oxygen atoms in total. The summed E-state index contributed by atoms with van der Waals surface area (Å²) in [7, 11) is 0. The van der Waals surface area contributed by atoms with Gasteiger partial charge in [0, 0.05) is 88.0 Å². The highest BCUT2D eigenvalue weighted by Gasteiger charge is 2.32. The molecule has 0 fully saturated rings. The van der Waals surface area contributed by atoms with E-state index >= 15 is 0 Å². The number of aryl methyl sites for hydroxylation is 3. The van der Waals surface area contributed by atoms with E-state index in [0.717, 1.165) is 126 Å². The Morgan fingerprint density at radius 3 is 1.26 bits per heavy atom. The van der Waals surface area contributed by atoms with E-state index in [1.807, 2.05) is 106 Å². The van der Waals surface area contributed by atoms with Crippen molar-refractivity contribution in [1.82, 2.24) is 54.3 Å². The van der Waals surface area contributed by atoms with Crippen molar-refractivity contribution >= 4 is 73.3 Å². The van der Waals surface area contributed by atoms with E-state index in [0.29, 0.717) is 35.0 Å². The summed E-state index contributed by atoms with van der Waals surface area (Å²) in [5.41, 5.74) is 32.1. The predicted molar refractivity (Wildman–Crippen MR) is 346 cm³/mol. The molecular formula is C67H60BrN19O. The molecule has 3 aliphatic heterocycles. The standard InChI is InChI=1S/C24H23N7O.C24H21N7.C19H16BrN5/c1-14-13-30(19-7-3-16(4-8-19)23(26)32)21-11-17(18-6-10-22(25)27-12-18)5-9-20(21)31-15(2)28-29-24(14)31;1-15-14-30(20-8-6-19(26-3)7-9-20)22-12-17(18-5-11-23(25)27-13-18)4-10-21(22)31-16(2)28-29-24(15)31;1-12-11-24(16-6-3-14(10-21)4-7-16)18-9-15(20)5-8-17(18)25-13(2)22-23-19(12)25/h3-12,14H,13H2,1-2H3,(H2,25,27)(H2,26,32);4-13,15H,14H2,1-2H3,(H2,25,27);3-9,12H,11H2,1-2H3. The monoisotopic (exact) mass is 1230 g/mol. The molecule has 6 aromatic carbocycles. The minimum Gasteiger partial charge on any atom is -0.384 e. The first-order valence-corrected chi connectivity index (χ1v) is 29.3. The van der Waals surface area contributed by atoms with Crippen molar-refractivity contribution in [3.8, 4) is 45.4 Å². The number of hydrogen-bond donors (Lipinski definition) is 3. The summed E-state index contributed by atoms with van der Waals surface area (Å²) in [4.78, 5) is 30.4. The number of aromatic nitrogens is 11. The number of carbonyl (C=O) groups excluding carboxylic acids is 1. The summed E-state index contributed by atoms with van der Waals surface area (Å²) < 4.78 is 7.41. The maximum atomic E-state index is 11.5. The molecule has 0 saturated carbocycles. The fraction of sp³-hybridized carbons (Fsp3) is 0.179.